The summed E-state index contributed by atoms with van der Waals surface area (Å²) in [5.74, 6) is -2.25. The highest BCUT2D eigenvalue weighted by molar-refractivity contribution is 7.96. The molecule has 0 radical (unpaired) electrons. The number of methoxy groups -OCH3 is 1. The quantitative estimate of drug-likeness (QED) is 0.474. The van der Waals surface area contributed by atoms with E-state index in [4.69, 9.17) is 14.2 Å². The van der Waals surface area contributed by atoms with E-state index in [1.54, 1.807) is 37.6 Å². The summed E-state index contributed by atoms with van der Waals surface area (Å²) < 4.78 is 42.5. The van der Waals surface area contributed by atoms with Crippen LogP contribution in [-0.4, -0.2) is 62.0 Å². The first-order valence-electron chi connectivity index (χ1n) is 9.32. The third-order valence-corrected chi connectivity index (χ3v) is 7.32. The Bertz CT molecular complexity index is 1080. The zero-order chi connectivity index (χ0) is 23.1. The van der Waals surface area contributed by atoms with Crippen molar-refractivity contribution in [1.29, 1.82) is 0 Å². The minimum Gasteiger partial charge on any atom is -0.461 e. The molecule has 1 aromatic heterocycles. The van der Waals surface area contributed by atoms with E-state index >= 15 is 0 Å². The number of nitrogens with zero attached hydrogens (tertiary/aromatic N) is 1. The Balaban J connectivity index is 2.28. The number of hydrogen-bond donors (Lipinski definition) is 0. The summed E-state index contributed by atoms with van der Waals surface area (Å²) in [6.45, 7) is 5.57. The molecule has 3 rings (SSSR count). The fraction of sp³-hybridized carbons (Fsp3) is 0.450. The minimum absolute atomic E-state index is 0.116. The van der Waals surface area contributed by atoms with Gasteiger partial charge >= 0.3 is 11.9 Å². The number of esters is 2. The van der Waals surface area contributed by atoms with Gasteiger partial charge in [-0.2, -0.15) is 11.3 Å². The van der Waals surface area contributed by atoms with Gasteiger partial charge in [0.1, 0.15) is 17.9 Å². The molecule has 2 aliphatic rings. The Morgan fingerprint density at radius 3 is 2.48 bits per heavy atom. The van der Waals surface area contributed by atoms with E-state index in [1.165, 1.54) is 24.5 Å². The van der Waals surface area contributed by atoms with Gasteiger partial charge in [0, 0.05) is 19.6 Å². The number of amides is 1. The Morgan fingerprint density at radius 2 is 1.97 bits per heavy atom. The lowest BCUT2D eigenvalue weighted by Crippen LogP contribution is -2.70. The van der Waals surface area contributed by atoms with Crippen molar-refractivity contribution in [2.45, 2.75) is 44.8 Å². The lowest BCUT2D eigenvalue weighted by atomic mass is 10.0. The molecule has 0 aliphatic carbocycles. The fourth-order valence-electron chi connectivity index (χ4n) is 3.30. The molecule has 1 unspecified atom stereocenters. The normalized spacial score (nSPS) is 24.0. The van der Waals surface area contributed by atoms with Crippen LogP contribution in [0.25, 0.3) is 6.08 Å². The number of hydrogen-bond acceptors (Lipinski definition) is 9. The number of carbonyl (C=O) groups is 3. The van der Waals surface area contributed by atoms with Gasteiger partial charge in [-0.25, -0.2) is 13.2 Å². The summed E-state index contributed by atoms with van der Waals surface area (Å²) in [6.07, 6.45) is 0.130. The van der Waals surface area contributed by atoms with E-state index in [0.29, 0.717) is 5.56 Å². The highest BCUT2D eigenvalue weighted by Crippen LogP contribution is 2.44. The van der Waals surface area contributed by atoms with E-state index in [2.05, 4.69) is 0 Å². The van der Waals surface area contributed by atoms with Gasteiger partial charge in [-0.05, 0) is 49.2 Å². The van der Waals surface area contributed by atoms with Crippen LogP contribution in [0.1, 0.15) is 33.3 Å². The number of carbonyl (C=O) groups excluding carboxylic acids is 3. The van der Waals surface area contributed by atoms with Crippen LogP contribution in [0.15, 0.2) is 33.0 Å². The molecule has 0 bridgehead atoms. The molecular weight excluding hydrogens is 446 g/mol. The lowest BCUT2D eigenvalue weighted by Gasteiger charge is -2.49. The van der Waals surface area contributed by atoms with Crippen LogP contribution in [0.5, 0.6) is 0 Å². The molecule has 2 aliphatic heterocycles. The lowest BCUT2D eigenvalue weighted by molar-refractivity contribution is -0.167. The van der Waals surface area contributed by atoms with E-state index in [9.17, 15) is 22.8 Å². The second-order valence-corrected chi connectivity index (χ2v) is 10.8. The zero-order valence-electron chi connectivity index (χ0n) is 17.7. The number of ether oxygens (including phenoxy) is 3. The van der Waals surface area contributed by atoms with Crippen molar-refractivity contribution in [1.82, 2.24) is 4.90 Å². The van der Waals surface area contributed by atoms with Crippen molar-refractivity contribution in [3.8, 4) is 0 Å². The van der Waals surface area contributed by atoms with Crippen LogP contribution >= 0.6 is 11.3 Å². The molecule has 0 saturated carbocycles. The Labute approximate surface area is 184 Å². The summed E-state index contributed by atoms with van der Waals surface area (Å²) in [4.78, 5) is 37.9. The number of rotatable bonds is 5. The molecule has 9 nitrogen and oxygen atoms in total. The van der Waals surface area contributed by atoms with E-state index in [0.717, 1.165) is 11.8 Å². The van der Waals surface area contributed by atoms with Gasteiger partial charge in [0.25, 0.3) is 5.91 Å². The van der Waals surface area contributed by atoms with Crippen LogP contribution in [-0.2, 0) is 38.4 Å². The monoisotopic (exact) mass is 469 g/mol. The van der Waals surface area contributed by atoms with Gasteiger partial charge in [-0.15, -0.1) is 0 Å². The van der Waals surface area contributed by atoms with Crippen molar-refractivity contribution in [2.24, 2.45) is 0 Å². The standard InChI is InChI=1S/C20H23NO8S2/c1-11(22)28-9-13-14(8-12-6-7-30-10-12)31(25,26)18-16(27-5)17(23)21(18)15(13)19(24)29-20(2,3)4/h6-8,10,16,18H,9H2,1-5H3/b14-8+/t16-,18?/m0/s1. The smallest absolute Gasteiger partial charge is 0.356 e. The predicted molar refractivity (Wildman–Crippen MR) is 112 cm³/mol. The molecule has 1 saturated heterocycles. The second-order valence-electron chi connectivity index (χ2n) is 7.97. The van der Waals surface area contributed by atoms with Crippen LogP contribution in [0.3, 0.4) is 0 Å². The summed E-state index contributed by atoms with van der Waals surface area (Å²) in [7, 11) is -2.93. The molecule has 11 heteroatoms. The third kappa shape index (κ3) is 4.30. The van der Waals surface area contributed by atoms with E-state index in [-0.39, 0.29) is 16.2 Å². The van der Waals surface area contributed by atoms with Crippen LogP contribution in [0.4, 0.5) is 0 Å². The van der Waals surface area contributed by atoms with Crippen molar-refractivity contribution >= 4 is 45.1 Å². The van der Waals surface area contributed by atoms with E-state index < -0.39 is 51.4 Å². The van der Waals surface area contributed by atoms with Gasteiger partial charge in [0.05, 0.1) is 4.91 Å². The van der Waals surface area contributed by atoms with Gasteiger partial charge < -0.3 is 14.2 Å². The molecule has 3 heterocycles. The summed E-state index contributed by atoms with van der Waals surface area (Å²) in [5, 5.41) is 2.08. The molecule has 0 aromatic carbocycles. The molecular formula is C20H23NO8S2. The van der Waals surface area contributed by atoms with Crippen LogP contribution in [0.2, 0.25) is 0 Å². The Morgan fingerprint density at radius 1 is 1.29 bits per heavy atom. The van der Waals surface area contributed by atoms with Crippen molar-refractivity contribution in [3.63, 3.8) is 0 Å². The van der Waals surface area contributed by atoms with Gasteiger partial charge in [0.15, 0.2) is 11.5 Å². The molecule has 1 fully saturated rings. The van der Waals surface area contributed by atoms with Crippen molar-refractivity contribution in [3.05, 3.63) is 38.6 Å². The number of sulfone groups is 1. The number of β-lactam (4-membered cyclic amide) rings is 1. The summed E-state index contributed by atoms with van der Waals surface area (Å²) in [6, 6.07) is 1.70. The predicted octanol–water partition coefficient (Wildman–Crippen LogP) is 1.86. The minimum atomic E-state index is -4.15. The average molecular weight is 470 g/mol. The van der Waals surface area contributed by atoms with Crippen LogP contribution < -0.4 is 0 Å². The maximum atomic E-state index is 13.5. The second kappa shape index (κ2) is 8.21. The maximum absolute atomic E-state index is 13.5. The van der Waals surface area contributed by atoms with Crippen molar-refractivity contribution in [2.75, 3.05) is 13.7 Å². The van der Waals surface area contributed by atoms with Crippen LogP contribution in [0, 0.1) is 0 Å². The zero-order valence-corrected chi connectivity index (χ0v) is 19.3. The highest BCUT2D eigenvalue weighted by atomic mass is 32.2. The Hall–Kier alpha value is -2.50. The third-order valence-electron chi connectivity index (χ3n) is 4.55. The maximum Gasteiger partial charge on any atom is 0.356 e. The van der Waals surface area contributed by atoms with Gasteiger partial charge in [-0.1, -0.05) is 0 Å². The summed E-state index contributed by atoms with van der Waals surface area (Å²) >= 11 is 1.36. The fourth-order valence-corrected chi connectivity index (χ4v) is 6.01. The average Bonchev–Trinajstić information content (AvgIpc) is 3.14. The SMILES string of the molecule is CO[C@H]1C(=O)N2C(C(=O)OC(C)(C)C)=C(COC(C)=O)/C(=C\c3ccsc3)S(=O)(=O)C12. The number of fused-ring (bicyclic) bond motifs is 1. The van der Waals surface area contributed by atoms with E-state index in [1.807, 2.05) is 0 Å². The summed E-state index contributed by atoms with van der Waals surface area (Å²) in [5.41, 5.74) is -0.708. The molecule has 1 amide bonds. The molecule has 1 aromatic rings. The first-order valence-corrected chi connectivity index (χ1v) is 11.8. The molecule has 0 spiro atoms. The van der Waals surface area contributed by atoms with Crippen molar-refractivity contribution < 1.29 is 37.0 Å². The first kappa shape index (κ1) is 23.2. The Kier molecular flexibility index (Phi) is 6.14. The van der Waals surface area contributed by atoms with Gasteiger partial charge in [0.2, 0.25) is 9.84 Å². The number of thiophene rings is 1. The molecule has 31 heavy (non-hydrogen) atoms. The molecule has 0 N–H and O–H groups in total. The highest BCUT2D eigenvalue weighted by Gasteiger charge is 2.62. The molecule has 2 atom stereocenters. The van der Waals surface area contributed by atoms with Gasteiger partial charge in [-0.3, -0.25) is 14.5 Å². The first-order chi connectivity index (χ1) is 14.4. The topological polar surface area (TPSA) is 116 Å². The molecule has 168 valence electrons. The largest absolute Gasteiger partial charge is 0.461 e.